The maximum Gasteiger partial charge on any atom is 0.707 e. The second kappa shape index (κ2) is 11.1. The summed E-state index contributed by atoms with van der Waals surface area (Å²) in [4.78, 5) is 39.8. The summed E-state index contributed by atoms with van der Waals surface area (Å²) < 4.78 is 10.8. The van der Waals surface area contributed by atoms with Gasteiger partial charge in [0.05, 0.1) is 19.1 Å². The largest absolute Gasteiger partial charge is 0.707 e. The van der Waals surface area contributed by atoms with Crippen LogP contribution in [0.15, 0.2) is 12.1 Å². The molecular formula is C22H32BN3O8. The van der Waals surface area contributed by atoms with Gasteiger partial charge in [0, 0.05) is 20.5 Å². The van der Waals surface area contributed by atoms with Crippen molar-refractivity contribution in [1.82, 2.24) is 15.1 Å². The van der Waals surface area contributed by atoms with Crippen LogP contribution in [0.1, 0.15) is 42.1 Å². The maximum atomic E-state index is 12.6. The van der Waals surface area contributed by atoms with Gasteiger partial charge < -0.3 is 39.7 Å². The Morgan fingerprint density at radius 1 is 1.24 bits per heavy atom. The number of carbonyl (C=O) groups excluding carboxylic acids is 2. The fourth-order valence-electron chi connectivity index (χ4n) is 4.35. The van der Waals surface area contributed by atoms with E-state index in [4.69, 9.17) is 9.39 Å². The summed E-state index contributed by atoms with van der Waals surface area (Å²) in [5.41, 5.74) is 0.249. The second-order valence-electron chi connectivity index (χ2n) is 8.96. The molecule has 2 fully saturated rings. The van der Waals surface area contributed by atoms with Crippen molar-refractivity contribution in [2.45, 2.75) is 44.8 Å². The van der Waals surface area contributed by atoms with Crippen molar-refractivity contribution >= 4 is 25.1 Å². The van der Waals surface area contributed by atoms with Gasteiger partial charge in [-0.15, -0.1) is 0 Å². The molecule has 0 aliphatic carbocycles. The van der Waals surface area contributed by atoms with E-state index >= 15 is 0 Å². The van der Waals surface area contributed by atoms with Gasteiger partial charge in [-0.3, -0.25) is 9.59 Å². The van der Waals surface area contributed by atoms with Gasteiger partial charge in [-0.05, 0) is 36.9 Å². The predicted molar refractivity (Wildman–Crippen MR) is 122 cm³/mol. The van der Waals surface area contributed by atoms with Gasteiger partial charge in [0.2, 0.25) is 11.8 Å². The summed E-state index contributed by atoms with van der Waals surface area (Å²) >= 11 is 0. The fraction of sp³-hybridized carbons (Fsp3) is 0.591. The molecule has 0 radical (unpaired) electrons. The van der Waals surface area contributed by atoms with Crippen LogP contribution in [0.5, 0.6) is 11.5 Å². The zero-order valence-corrected chi connectivity index (χ0v) is 19.7. The number of carboxylic acid groups (broad SMARTS) is 1. The van der Waals surface area contributed by atoms with Crippen molar-refractivity contribution in [2.24, 2.45) is 5.92 Å². The number of hydrogen-bond donors (Lipinski definition) is 4. The number of aromatic carboxylic acids is 1. The number of aryl methyl sites for hydroxylation is 1. The van der Waals surface area contributed by atoms with Gasteiger partial charge in [0.15, 0.2) is 0 Å². The Morgan fingerprint density at radius 2 is 1.94 bits per heavy atom. The van der Waals surface area contributed by atoms with E-state index in [1.54, 1.807) is 25.1 Å². The number of nitrogens with zero attached hydrogens (tertiary/aromatic N) is 2. The molecule has 0 aromatic heterocycles. The molecule has 2 atom stereocenters. The van der Waals surface area contributed by atoms with E-state index in [0.29, 0.717) is 50.9 Å². The first-order valence-electron chi connectivity index (χ1n) is 11.4. The van der Waals surface area contributed by atoms with Gasteiger partial charge in [0.1, 0.15) is 23.2 Å². The molecule has 2 aliphatic heterocycles. The lowest BCUT2D eigenvalue weighted by molar-refractivity contribution is -0.141. The topological polar surface area (TPSA) is 149 Å². The third kappa shape index (κ3) is 5.99. The summed E-state index contributed by atoms with van der Waals surface area (Å²) in [5.74, 6) is -1.35. The summed E-state index contributed by atoms with van der Waals surface area (Å²) in [6.45, 7) is 3.14. The molecule has 0 saturated carbocycles. The molecule has 0 bridgehead atoms. The number of likely N-dealkylation sites (tertiary alicyclic amines) is 1. The Balaban J connectivity index is 1.59. The molecule has 186 valence electrons. The molecule has 1 aromatic rings. The summed E-state index contributed by atoms with van der Waals surface area (Å²) in [7, 11) is 1.24. The standard InChI is InChI=1S/C22H32BN3O8/c1-4-5-14-6-7-17(19(22(29)30)20(14)34-23(31)32)33-15-11-26(12-15)18(27)9-13-8-16(24-10-13)21(28)25(2)3/h6-7,13,15-16,24,31-32H,4-5,8-12H2,1-3H3,(H,29,30)/t13-,16+/m1/s1. The number of nitrogens with one attached hydrogen (secondary N) is 1. The molecule has 2 heterocycles. The van der Waals surface area contributed by atoms with Gasteiger partial charge >= 0.3 is 13.3 Å². The quantitative estimate of drug-likeness (QED) is 0.334. The van der Waals surface area contributed by atoms with Crippen LogP contribution in [-0.4, -0.2) is 95.9 Å². The fourth-order valence-corrected chi connectivity index (χ4v) is 4.35. The zero-order chi connectivity index (χ0) is 25.0. The second-order valence-corrected chi connectivity index (χ2v) is 8.96. The van der Waals surface area contributed by atoms with Crippen molar-refractivity contribution < 1.29 is 38.9 Å². The third-order valence-electron chi connectivity index (χ3n) is 6.08. The molecule has 4 N–H and O–H groups in total. The van der Waals surface area contributed by atoms with Gasteiger partial charge in [-0.2, -0.15) is 0 Å². The Labute approximate surface area is 198 Å². The highest BCUT2D eigenvalue weighted by atomic mass is 16.6. The molecule has 2 amide bonds. The molecule has 12 heteroatoms. The van der Waals surface area contributed by atoms with E-state index in [-0.39, 0.29) is 40.8 Å². The molecule has 11 nitrogen and oxygen atoms in total. The summed E-state index contributed by atoms with van der Waals surface area (Å²) in [6.07, 6.45) is 1.75. The highest BCUT2D eigenvalue weighted by Crippen LogP contribution is 2.35. The van der Waals surface area contributed by atoms with E-state index in [1.807, 2.05) is 6.92 Å². The van der Waals surface area contributed by atoms with Gasteiger partial charge in [-0.1, -0.05) is 19.4 Å². The molecule has 0 spiro atoms. The van der Waals surface area contributed by atoms with Crippen LogP contribution in [0.2, 0.25) is 0 Å². The molecular weight excluding hydrogens is 445 g/mol. The van der Waals surface area contributed by atoms with Crippen LogP contribution in [0.3, 0.4) is 0 Å². The van der Waals surface area contributed by atoms with E-state index < -0.39 is 19.4 Å². The Bertz CT molecular complexity index is 920. The highest BCUT2D eigenvalue weighted by Gasteiger charge is 2.37. The number of likely N-dealkylation sites (N-methyl/N-ethyl adjacent to an activating group) is 1. The Morgan fingerprint density at radius 3 is 2.53 bits per heavy atom. The zero-order valence-electron chi connectivity index (χ0n) is 19.7. The van der Waals surface area contributed by atoms with Crippen molar-refractivity contribution in [3.05, 3.63) is 23.3 Å². The van der Waals surface area contributed by atoms with Crippen LogP contribution in [0.25, 0.3) is 0 Å². The molecule has 2 saturated heterocycles. The van der Waals surface area contributed by atoms with E-state index in [9.17, 15) is 29.5 Å². The predicted octanol–water partition coefficient (Wildman–Crippen LogP) is -0.268. The number of carbonyl (C=O) groups is 3. The van der Waals surface area contributed by atoms with E-state index in [1.165, 1.54) is 11.0 Å². The number of carboxylic acids is 1. The Kier molecular flexibility index (Phi) is 8.40. The van der Waals surface area contributed by atoms with Crippen molar-refractivity contribution in [2.75, 3.05) is 33.7 Å². The Hall–Kier alpha value is -2.83. The van der Waals surface area contributed by atoms with Crippen LogP contribution >= 0.6 is 0 Å². The minimum Gasteiger partial charge on any atom is -0.511 e. The number of rotatable bonds is 10. The molecule has 2 aliphatic rings. The molecule has 0 unspecified atom stereocenters. The lowest BCUT2D eigenvalue weighted by Crippen LogP contribution is -2.56. The minimum atomic E-state index is -2.17. The number of hydrogen-bond acceptors (Lipinski definition) is 8. The lowest BCUT2D eigenvalue weighted by atomic mass is 9.99. The molecule has 34 heavy (non-hydrogen) atoms. The number of ether oxygens (including phenoxy) is 1. The van der Waals surface area contributed by atoms with Crippen molar-refractivity contribution in [3.63, 3.8) is 0 Å². The summed E-state index contributed by atoms with van der Waals surface area (Å²) in [6, 6.07) is 2.91. The van der Waals surface area contributed by atoms with Crippen LogP contribution in [0.4, 0.5) is 0 Å². The van der Waals surface area contributed by atoms with E-state index in [0.717, 1.165) is 0 Å². The highest BCUT2D eigenvalue weighted by molar-refractivity contribution is 6.34. The van der Waals surface area contributed by atoms with Gasteiger partial charge in [-0.25, -0.2) is 4.79 Å². The average molecular weight is 477 g/mol. The van der Waals surface area contributed by atoms with E-state index in [2.05, 4.69) is 5.32 Å². The van der Waals surface area contributed by atoms with Crippen LogP contribution in [-0.2, 0) is 16.0 Å². The lowest BCUT2D eigenvalue weighted by Gasteiger charge is -2.39. The normalized spacial score (nSPS) is 20.0. The number of benzene rings is 1. The van der Waals surface area contributed by atoms with Gasteiger partial charge in [0.25, 0.3) is 0 Å². The third-order valence-corrected chi connectivity index (χ3v) is 6.08. The van der Waals surface area contributed by atoms with Crippen molar-refractivity contribution in [3.8, 4) is 11.5 Å². The first-order valence-corrected chi connectivity index (χ1v) is 11.4. The smallest absolute Gasteiger partial charge is 0.511 e. The number of amides is 2. The van der Waals surface area contributed by atoms with Crippen LogP contribution < -0.4 is 14.7 Å². The molecule has 3 rings (SSSR count). The first-order chi connectivity index (χ1) is 16.1. The van der Waals surface area contributed by atoms with Crippen molar-refractivity contribution in [1.29, 1.82) is 0 Å². The molecule has 1 aromatic carbocycles. The maximum absolute atomic E-state index is 12.6. The SMILES string of the molecule is CCCc1ccc(OC2CN(C(=O)C[C@@H]3CN[C@H](C(=O)N(C)C)C3)C2)c(C(=O)O)c1OB(O)O. The monoisotopic (exact) mass is 477 g/mol. The summed E-state index contributed by atoms with van der Waals surface area (Å²) in [5, 5.41) is 31.4. The minimum absolute atomic E-state index is 0.00335. The first kappa shape index (κ1) is 25.8. The average Bonchev–Trinajstić information content (AvgIpc) is 3.18. The van der Waals surface area contributed by atoms with Crippen LogP contribution in [0, 0.1) is 5.92 Å².